The van der Waals surface area contributed by atoms with Gasteiger partial charge in [-0.3, -0.25) is 10.1 Å². The molecule has 1 aromatic carbocycles. The Morgan fingerprint density at radius 3 is 2.65 bits per heavy atom. The van der Waals surface area contributed by atoms with Crippen LogP contribution in [0.15, 0.2) is 24.3 Å². The second-order valence-electron chi connectivity index (χ2n) is 3.53. The Bertz CT molecular complexity index is 418. The molecule has 0 spiro atoms. The van der Waals surface area contributed by atoms with Crippen molar-refractivity contribution < 1.29 is 14.3 Å². The van der Waals surface area contributed by atoms with Gasteiger partial charge < -0.3 is 16.2 Å². The SMILES string of the molecule is CC(N)c1ccccc1OCC(=O)NC(N)=O. The van der Waals surface area contributed by atoms with E-state index in [1.165, 1.54) is 0 Å². The average molecular weight is 237 g/mol. The monoisotopic (exact) mass is 237 g/mol. The number of imide groups is 1. The lowest BCUT2D eigenvalue weighted by molar-refractivity contribution is -0.121. The number of hydrogen-bond acceptors (Lipinski definition) is 4. The molecule has 0 aliphatic carbocycles. The molecule has 0 heterocycles. The molecule has 5 N–H and O–H groups in total. The van der Waals surface area contributed by atoms with E-state index in [1.807, 2.05) is 24.4 Å². The first-order valence-corrected chi connectivity index (χ1v) is 5.07. The third-order valence-corrected chi connectivity index (χ3v) is 2.03. The molecule has 92 valence electrons. The van der Waals surface area contributed by atoms with Gasteiger partial charge in [-0.05, 0) is 13.0 Å². The van der Waals surface area contributed by atoms with Crippen molar-refractivity contribution in [2.75, 3.05) is 6.61 Å². The normalized spacial score (nSPS) is 11.6. The number of para-hydroxylation sites is 1. The van der Waals surface area contributed by atoms with Crippen molar-refractivity contribution in [3.63, 3.8) is 0 Å². The summed E-state index contributed by atoms with van der Waals surface area (Å²) in [6.45, 7) is 1.53. The maximum absolute atomic E-state index is 11.1. The molecule has 3 amide bonds. The number of primary amides is 1. The van der Waals surface area contributed by atoms with Crippen molar-refractivity contribution in [3.8, 4) is 5.75 Å². The molecule has 0 bridgehead atoms. The fourth-order valence-electron chi connectivity index (χ4n) is 1.30. The molecular weight excluding hydrogens is 222 g/mol. The highest BCUT2D eigenvalue weighted by Gasteiger charge is 2.09. The number of nitrogens with two attached hydrogens (primary N) is 2. The summed E-state index contributed by atoms with van der Waals surface area (Å²) in [6.07, 6.45) is 0. The Labute approximate surface area is 98.9 Å². The molecule has 0 saturated heterocycles. The number of benzene rings is 1. The molecule has 6 heteroatoms. The van der Waals surface area contributed by atoms with Crippen LogP contribution in [-0.4, -0.2) is 18.5 Å². The molecule has 17 heavy (non-hydrogen) atoms. The van der Waals surface area contributed by atoms with E-state index in [4.69, 9.17) is 16.2 Å². The number of nitrogens with one attached hydrogen (secondary N) is 1. The van der Waals surface area contributed by atoms with Crippen LogP contribution in [0.25, 0.3) is 0 Å². The van der Waals surface area contributed by atoms with Crippen molar-refractivity contribution in [3.05, 3.63) is 29.8 Å². The summed E-state index contributed by atoms with van der Waals surface area (Å²) in [7, 11) is 0. The molecule has 0 aliphatic heterocycles. The first-order valence-electron chi connectivity index (χ1n) is 5.07. The van der Waals surface area contributed by atoms with Gasteiger partial charge in [0.05, 0.1) is 0 Å². The summed E-state index contributed by atoms with van der Waals surface area (Å²) in [4.78, 5) is 21.6. The molecule has 1 atom stereocenters. The van der Waals surface area contributed by atoms with E-state index < -0.39 is 11.9 Å². The molecule has 0 fully saturated rings. The third-order valence-electron chi connectivity index (χ3n) is 2.03. The quantitative estimate of drug-likeness (QED) is 0.699. The summed E-state index contributed by atoms with van der Waals surface area (Å²) in [5, 5.41) is 1.91. The van der Waals surface area contributed by atoms with Crippen LogP contribution in [0, 0.1) is 0 Å². The van der Waals surface area contributed by atoms with Crippen LogP contribution >= 0.6 is 0 Å². The Morgan fingerprint density at radius 1 is 1.41 bits per heavy atom. The van der Waals surface area contributed by atoms with E-state index in [2.05, 4.69) is 0 Å². The van der Waals surface area contributed by atoms with Crippen LogP contribution in [0.1, 0.15) is 18.5 Å². The number of urea groups is 1. The van der Waals surface area contributed by atoms with Crippen molar-refractivity contribution in [2.45, 2.75) is 13.0 Å². The molecular formula is C11H15N3O3. The maximum Gasteiger partial charge on any atom is 0.318 e. The minimum atomic E-state index is -0.904. The Kier molecular flexibility index (Phi) is 4.47. The van der Waals surface area contributed by atoms with Crippen molar-refractivity contribution >= 4 is 11.9 Å². The Balaban J connectivity index is 2.63. The lowest BCUT2D eigenvalue weighted by atomic mass is 10.1. The molecule has 6 nitrogen and oxygen atoms in total. The predicted molar refractivity (Wildman–Crippen MR) is 62.3 cm³/mol. The molecule has 1 unspecified atom stereocenters. The number of rotatable bonds is 4. The summed E-state index contributed by atoms with van der Waals surface area (Å²) in [6, 6.07) is 6.01. The van der Waals surface area contributed by atoms with Gasteiger partial charge >= 0.3 is 6.03 Å². The highest BCUT2D eigenvalue weighted by atomic mass is 16.5. The van der Waals surface area contributed by atoms with E-state index in [1.54, 1.807) is 12.1 Å². The van der Waals surface area contributed by atoms with Gasteiger partial charge in [0.1, 0.15) is 5.75 Å². The zero-order valence-corrected chi connectivity index (χ0v) is 9.47. The van der Waals surface area contributed by atoms with E-state index in [9.17, 15) is 9.59 Å². The number of carbonyl (C=O) groups is 2. The number of amides is 3. The van der Waals surface area contributed by atoms with Gasteiger partial charge in [0, 0.05) is 11.6 Å². The second-order valence-corrected chi connectivity index (χ2v) is 3.53. The fraction of sp³-hybridized carbons (Fsp3) is 0.273. The van der Waals surface area contributed by atoms with Crippen LogP contribution in [0.5, 0.6) is 5.75 Å². The van der Waals surface area contributed by atoms with E-state index in [0.29, 0.717) is 5.75 Å². The van der Waals surface area contributed by atoms with Gasteiger partial charge in [-0.2, -0.15) is 0 Å². The third kappa shape index (κ3) is 4.12. The van der Waals surface area contributed by atoms with E-state index >= 15 is 0 Å². The van der Waals surface area contributed by atoms with Gasteiger partial charge in [-0.1, -0.05) is 18.2 Å². The summed E-state index contributed by atoms with van der Waals surface area (Å²) in [5.74, 6) is -0.0842. The van der Waals surface area contributed by atoms with Crippen LogP contribution in [-0.2, 0) is 4.79 Å². The van der Waals surface area contributed by atoms with Gasteiger partial charge in [0.2, 0.25) is 0 Å². The van der Waals surface area contributed by atoms with Gasteiger partial charge in [-0.15, -0.1) is 0 Å². The summed E-state index contributed by atoms with van der Waals surface area (Å²) in [5.41, 5.74) is 11.3. The number of carbonyl (C=O) groups excluding carboxylic acids is 2. The molecule has 1 rings (SSSR count). The summed E-state index contributed by atoms with van der Waals surface area (Å²) >= 11 is 0. The lowest BCUT2D eigenvalue weighted by Gasteiger charge is -2.13. The topological polar surface area (TPSA) is 107 Å². The van der Waals surface area contributed by atoms with Crippen LogP contribution in [0.3, 0.4) is 0 Å². The van der Waals surface area contributed by atoms with Gasteiger partial charge in [-0.25, -0.2) is 4.79 Å². The fourth-order valence-corrected chi connectivity index (χ4v) is 1.30. The highest BCUT2D eigenvalue weighted by Crippen LogP contribution is 2.22. The van der Waals surface area contributed by atoms with Gasteiger partial charge in [0.15, 0.2) is 6.61 Å². The number of ether oxygens (including phenoxy) is 1. The predicted octanol–water partition coefficient (Wildman–Crippen LogP) is 0.280. The largest absolute Gasteiger partial charge is 0.483 e. The van der Waals surface area contributed by atoms with Gasteiger partial charge in [0.25, 0.3) is 5.91 Å². The molecule has 0 aromatic heterocycles. The maximum atomic E-state index is 11.1. The Morgan fingerprint density at radius 2 is 2.06 bits per heavy atom. The van der Waals surface area contributed by atoms with Crippen molar-refractivity contribution in [1.29, 1.82) is 0 Å². The Hall–Kier alpha value is -2.08. The zero-order chi connectivity index (χ0) is 12.8. The molecule has 0 saturated carbocycles. The van der Waals surface area contributed by atoms with E-state index in [0.717, 1.165) is 5.56 Å². The lowest BCUT2D eigenvalue weighted by Crippen LogP contribution is -2.38. The average Bonchev–Trinajstić information content (AvgIpc) is 2.25. The first kappa shape index (κ1) is 13.0. The first-order chi connectivity index (χ1) is 8.00. The molecule has 0 aliphatic rings. The van der Waals surface area contributed by atoms with Crippen LogP contribution in [0.2, 0.25) is 0 Å². The standard InChI is InChI=1S/C11H15N3O3/c1-7(12)8-4-2-3-5-9(8)17-6-10(15)14-11(13)16/h2-5,7H,6,12H2,1H3,(H3,13,14,15,16). The zero-order valence-electron chi connectivity index (χ0n) is 9.47. The molecule has 1 aromatic rings. The second kappa shape index (κ2) is 5.86. The molecule has 0 radical (unpaired) electrons. The van der Waals surface area contributed by atoms with Crippen LogP contribution < -0.4 is 21.5 Å². The van der Waals surface area contributed by atoms with Crippen molar-refractivity contribution in [2.24, 2.45) is 11.5 Å². The van der Waals surface area contributed by atoms with Crippen molar-refractivity contribution in [1.82, 2.24) is 5.32 Å². The number of hydrogen-bond donors (Lipinski definition) is 3. The highest BCUT2D eigenvalue weighted by molar-refractivity contribution is 5.94. The summed E-state index contributed by atoms with van der Waals surface area (Å²) < 4.78 is 5.26. The minimum Gasteiger partial charge on any atom is -0.483 e. The van der Waals surface area contributed by atoms with E-state index in [-0.39, 0.29) is 12.6 Å². The smallest absolute Gasteiger partial charge is 0.318 e. The van der Waals surface area contributed by atoms with Crippen LogP contribution in [0.4, 0.5) is 4.79 Å². The minimum absolute atomic E-state index is 0.203.